The highest BCUT2D eigenvalue weighted by Gasteiger charge is 2.20. The fraction of sp³-hybridized carbons (Fsp3) is 0.143. The van der Waals surface area contributed by atoms with Crippen LogP contribution in [0.2, 0.25) is 0 Å². The lowest BCUT2D eigenvalue weighted by molar-refractivity contribution is 0.171. The predicted molar refractivity (Wildman–Crippen MR) is 104 cm³/mol. The van der Waals surface area contributed by atoms with Crippen LogP contribution >= 0.6 is 0 Å². The van der Waals surface area contributed by atoms with Crippen molar-refractivity contribution in [1.82, 2.24) is 14.4 Å². The third kappa shape index (κ3) is 2.81. The Morgan fingerprint density at radius 1 is 1.04 bits per heavy atom. The molecule has 1 N–H and O–H groups in total. The monoisotopic (exact) mass is 376 g/mol. The summed E-state index contributed by atoms with van der Waals surface area (Å²) in [6.45, 7) is 3.04. The molecule has 0 spiro atoms. The standard InChI is InChI=1S/C21H17FN4O2/c1-13-4-7-18-25-20(19-15(22)3-2-8-23-19)21(26(18)12-13)24-14-5-6-16-17(11-14)28-10-9-27-16/h2-8,11-12,24H,9-10H2,1H3. The molecule has 28 heavy (non-hydrogen) atoms. The zero-order chi connectivity index (χ0) is 19.1. The molecule has 0 saturated carbocycles. The highest BCUT2D eigenvalue weighted by atomic mass is 19.1. The molecule has 6 nitrogen and oxygen atoms in total. The second-order valence-corrected chi connectivity index (χ2v) is 6.56. The fourth-order valence-electron chi connectivity index (χ4n) is 3.25. The molecule has 1 aromatic carbocycles. The molecule has 0 aliphatic carbocycles. The van der Waals surface area contributed by atoms with Gasteiger partial charge in [0, 0.05) is 24.1 Å². The summed E-state index contributed by atoms with van der Waals surface area (Å²) in [5.74, 6) is 1.59. The van der Waals surface area contributed by atoms with E-state index in [0.717, 1.165) is 11.3 Å². The normalized spacial score (nSPS) is 12.9. The first kappa shape index (κ1) is 16.6. The van der Waals surface area contributed by atoms with Gasteiger partial charge >= 0.3 is 0 Å². The Hall–Kier alpha value is -3.61. The Labute approximate surface area is 160 Å². The molecule has 1 aliphatic rings. The molecule has 4 heterocycles. The maximum atomic E-state index is 14.5. The number of nitrogens with zero attached hydrogens (tertiary/aromatic N) is 3. The van der Waals surface area contributed by atoms with Crippen LogP contribution in [-0.4, -0.2) is 27.6 Å². The van der Waals surface area contributed by atoms with E-state index in [9.17, 15) is 4.39 Å². The summed E-state index contributed by atoms with van der Waals surface area (Å²) >= 11 is 0. The van der Waals surface area contributed by atoms with Crippen LogP contribution < -0.4 is 14.8 Å². The smallest absolute Gasteiger partial charge is 0.163 e. The first-order chi connectivity index (χ1) is 13.7. The van der Waals surface area contributed by atoms with Crippen molar-refractivity contribution < 1.29 is 13.9 Å². The van der Waals surface area contributed by atoms with Gasteiger partial charge < -0.3 is 14.8 Å². The van der Waals surface area contributed by atoms with Crippen molar-refractivity contribution in [3.63, 3.8) is 0 Å². The predicted octanol–water partition coefficient (Wildman–Crippen LogP) is 4.36. The van der Waals surface area contributed by atoms with Crippen LogP contribution in [0, 0.1) is 12.7 Å². The number of anilines is 2. The number of benzene rings is 1. The van der Waals surface area contributed by atoms with Gasteiger partial charge in [0.1, 0.15) is 36.1 Å². The number of aromatic nitrogens is 3. The number of ether oxygens (including phenoxy) is 2. The van der Waals surface area contributed by atoms with Gasteiger partial charge in [-0.2, -0.15) is 0 Å². The average molecular weight is 376 g/mol. The Morgan fingerprint density at radius 3 is 2.75 bits per heavy atom. The largest absolute Gasteiger partial charge is 0.486 e. The van der Waals surface area contributed by atoms with Crippen LogP contribution in [0.4, 0.5) is 15.9 Å². The van der Waals surface area contributed by atoms with E-state index in [-0.39, 0.29) is 5.69 Å². The van der Waals surface area contributed by atoms with Gasteiger partial charge in [-0.05, 0) is 42.8 Å². The molecule has 0 atom stereocenters. The van der Waals surface area contributed by atoms with E-state index in [1.807, 2.05) is 47.9 Å². The van der Waals surface area contributed by atoms with Gasteiger partial charge in [-0.1, -0.05) is 6.07 Å². The van der Waals surface area contributed by atoms with Crippen LogP contribution in [-0.2, 0) is 0 Å². The van der Waals surface area contributed by atoms with Crippen LogP contribution in [0.15, 0.2) is 54.9 Å². The number of nitrogens with one attached hydrogen (secondary N) is 1. The molecule has 4 aromatic rings. The third-order valence-electron chi connectivity index (χ3n) is 4.55. The van der Waals surface area contributed by atoms with E-state index in [1.54, 1.807) is 12.3 Å². The Bertz CT molecular complexity index is 1190. The van der Waals surface area contributed by atoms with Gasteiger partial charge in [0.25, 0.3) is 0 Å². The number of fused-ring (bicyclic) bond motifs is 2. The lowest BCUT2D eigenvalue weighted by Crippen LogP contribution is -2.15. The second kappa shape index (κ2) is 6.53. The molecular formula is C21H17FN4O2. The molecule has 0 saturated heterocycles. The molecule has 0 amide bonds. The Morgan fingerprint density at radius 2 is 1.89 bits per heavy atom. The van der Waals surface area contributed by atoms with E-state index in [4.69, 9.17) is 9.47 Å². The zero-order valence-electron chi connectivity index (χ0n) is 15.1. The summed E-state index contributed by atoms with van der Waals surface area (Å²) in [6, 6.07) is 12.4. The molecule has 0 fully saturated rings. The van der Waals surface area contributed by atoms with E-state index >= 15 is 0 Å². The van der Waals surface area contributed by atoms with E-state index in [2.05, 4.69) is 15.3 Å². The maximum absolute atomic E-state index is 14.5. The molecular weight excluding hydrogens is 359 g/mol. The Balaban J connectivity index is 1.66. The molecule has 0 unspecified atom stereocenters. The molecule has 0 bridgehead atoms. The fourth-order valence-corrected chi connectivity index (χ4v) is 3.25. The van der Waals surface area contributed by atoms with Gasteiger partial charge in [-0.15, -0.1) is 0 Å². The first-order valence-corrected chi connectivity index (χ1v) is 8.95. The number of aryl methyl sites for hydroxylation is 1. The number of rotatable bonds is 3. The summed E-state index contributed by atoms with van der Waals surface area (Å²) in [6.07, 6.45) is 3.51. The van der Waals surface area contributed by atoms with Crippen molar-refractivity contribution in [3.8, 4) is 22.9 Å². The topological polar surface area (TPSA) is 60.7 Å². The number of hydrogen-bond acceptors (Lipinski definition) is 5. The van der Waals surface area contributed by atoms with Gasteiger partial charge in [-0.3, -0.25) is 9.38 Å². The van der Waals surface area contributed by atoms with Gasteiger partial charge in [0.05, 0.1) is 0 Å². The maximum Gasteiger partial charge on any atom is 0.163 e. The van der Waals surface area contributed by atoms with Crippen LogP contribution in [0.3, 0.4) is 0 Å². The highest BCUT2D eigenvalue weighted by Crippen LogP contribution is 2.36. The SMILES string of the molecule is Cc1ccc2nc(-c3ncccc3F)c(Nc3ccc4c(c3)OCCO4)n2c1. The molecule has 1 aliphatic heterocycles. The minimum absolute atomic E-state index is 0.198. The molecule has 5 rings (SSSR count). The number of hydrogen-bond donors (Lipinski definition) is 1. The summed E-state index contributed by atoms with van der Waals surface area (Å²) < 4.78 is 27.6. The average Bonchev–Trinajstić information content (AvgIpc) is 3.06. The molecule has 7 heteroatoms. The summed E-state index contributed by atoms with van der Waals surface area (Å²) in [7, 11) is 0. The molecule has 0 radical (unpaired) electrons. The summed E-state index contributed by atoms with van der Waals surface area (Å²) in [5.41, 5.74) is 3.18. The van der Waals surface area contributed by atoms with Crippen molar-refractivity contribution in [2.24, 2.45) is 0 Å². The Kier molecular flexibility index (Phi) is 3.86. The molecule has 140 valence electrons. The van der Waals surface area contributed by atoms with Crippen LogP contribution in [0.5, 0.6) is 11.5 Å². The lowest BCUT2D eigenvalue weighted by Gasteiger charge is -2.19. The van der Waals surface area contributed by atoms with Gasteiger partial charge in [0.2, 0.25) is 0 Å². The molecule has 3 aromatic heterocycles. The van der Waals surface area contributed by atoms with Crippen molar-refractivity contribution in [1.29, 1.82) is 0 Å². The third-order valence-corrected chi connectivity index (χ3v) is 4.55. The van der Waals surface area contributed by atoms with E-state index < -0.39 is 5.82 Å². The van der Waals surface area contributed by atoms with Crippen LogP contribution in [0.1, 0.15) is 5.56 Å². The van der Waals surface area contributed by atoms with Gasteiger partial charge in [-0.25, -0.2) is 9.37 Å². The second-order valence-electron chi connectivity index (χ2n) is 6.56. The highest BCUT2D eigenvalue weighted by molar-refractivity contribution is 5.78. The minimum Gasteiger partial charge on any atom is -0.486 e. The van der Waals surface area contributed by atoms with Crippen molar-refractivity contribution in [2.75, 3.05) is 18.5 Å². The number of imidazole rings is 1. The van der Waals surface area contributed by atoms with Crippen molar-refractivity contribution in [2.45, 2.75) is 6.92 Å². The summed E-state index contributed by atoms with van der Waals surface area (Å²) in [5, 5.41) is 3.36. The number of pyridine rings is 2. The van der Waals surface area contributed by atoms with Gasteiger partial charge in [0.15, 0.2) is 17.3 Å². The van der Waals surface area contributed by atoms with E-state index in [1.165, 1.54) is 6.07 Å². The van der Waals surface area contributed by atoms with Crippen LogP contribution in [0.25, 0.3) is 17.0 Å². The number of halogens is 1. The van der Waals surface area contributed by atoms with E-state index in [0.29, 0.717) is 41.9 Å². The minimum atomic E-state index is -0.423. The zero-order valence-corrected chi connectivity index (χ0v) is 15.1. The summed E-state index contributed by atoms with van der Waals surface area (Å²) in [4.78, 5) is 8.81. The van der Waals surface area contributed by atoms with Crippen molar-refractivity contribution >= 4 is 17.2 Å². The van der Waals surface area contributed by atoms with Crippen molar-refractivity contribution in [3.05, 3.63) is 66.2 Å². The first-order valence-electron chi connectivity index (χ1n) is 8.95. The lowest BCUT2D eigenvalue weighted by atomic mass is 10.2. The quantitative estimate of drug-likeness (QED) is 0.576.